The van der Waals surface area contributed by atoms with E-state index >= 15 is 0 Å². The van der Waals surface area contributed by atoms with E-state index in [2.05, 4.69) is 16.7 Å². The molecule has 0 bridgehead atoms. The standard InChI is InChI=1S/C24H26N4O2/c1-28-22-14-19(10-8-17(22)9-12-23(28)29)27-24(30)20-11-7-16(15-25)13-21(20)26-18-5-3-2-4-6-18/h7-8,10-11,13-14,18,26H,2-6,9,12H2,1H3,(H,27,30). The highest BCUT2D eigenvalue weighted by Crippen LogP contribution is 2.30. The van der Waals surface area contributed by atoms with E-state index < -0.39 is 0 Å². The van der Waals surface area contributed by atoms with Crippen LogP contribution >= 0.6 is 0 Å². The molecule has 0 aromatic heterocycles. The lowest BCUT2D eigenvalue weighted by Crippen LogP contribution is -2.31. The average Bonchev–Trinajstić information content (AvgIpc) is 2.77. The van der Waals surface area contributed by atoms with Gasteiger partial charge in [-0.3, -0.25) is 9.59 Å². The Kier molecular flexibility index (Phi) is 5.71. The van der Waals surface area contributed by atoms with Crippen molar-refractivity contribution in [1.29, 1.82) is 5.26 Å². The lowest BCUT2D eigenvalue weighted by atomic mass is 9.95. The van der Waals surface area contributed by atoms with Gasteiger partial charge in [-0.25, -0.2) is 0 Å². The largest absolute Gasteiger partial charge is 0.382 e. The molecule has 0 atom stereocenters. The molecule has 6 heteroatoms. The van der Waals surface area contributed by atoms with E-state index in [0.717, 1.165) is 30.5 Å². The molecular formula is C24H26N4O2. The summed E-state index contributed by atoms with van der Waals surface area (Å²) in [6.45, 7) is 0. The lowest BCUT2D eigenvalue weighted by molar-refractivity contribution is -0.118. The number of nitriles is 1. The van der Waals surface area contributed by atoms with Crippen LogP contribution in [0.2, 0.25) is 0 Å². The van der Waals surface area contributed by atoms with Crippen LogP contribution in [0.1, 0.15) is 60.0 Å². The molecule has 1 aliphatic carbocycles. The summed E-state index contributed by atoms with van der Waals surface area (Å²) in [5.74, 6) is -0.153. The Hall–Kier alpha value is -3.33. The van der Waals surface area contributed by atoms with Gasteiger partial charge in [-0.15, -0.1) is 0 Å². The van der Waals surface area contributed by atoms with Crippen LogP contribution < -0.4 is 15.5 Å². The van der Waals surface area contributed by atoms with Crippen molar-refractivity contribution in [2.24, 2.45) is 0 Å². The number of amides is 2. The van der Waals surface area contributed by atoms with Crippen molar-refractivity contribution in [2.75, 3.05) is 22.6 Å². The molecule has 2 N–H and O–H groups in total. The van der Waals surface area contributed by atoms with E-state index in [-0.39, 0.29) is 11.8 Å². The number of nitrogens with zero attached hydrogens (tertiary/aromatic N) is 2. The van der Waals surface area contributed by atoms with E-state index in [1.165, 1.54) is 19.3 Å². The molecule has 154 valence electrons. The average molecular weight is 402 g/mol. The number of carbonyl (C=O) groups is 2. The summed E-state index contributed by atoms with van der Waals surface area (Å²) < 4.78 is 0. The zero-order chi connectivity index (χ0) is 21.1. The second kappa shape index (κ2) is 8.58. The summed E-state index contributed by atoms with van der Waals surface area (Å²) in [6.07, 6.45) is 6.98. The van der Waals surface area contributed by atoms with Crippen molar-refractivity contribution < 1.29 is 9.59 Å². The van der Waals surface area contributed by atoms with Crippen LogP contribution in [-0.2, 0) is 11.2 Å². The van der Waals surface area contributed by atoms with Gasteiger partial charge in [0.2, 0.25) is 5.91 Å². The molecule has 1 saturated carbocycles. The molecule has 1 fully saturated rings. The van der Waals surface area contributed by atoms with E-state index in [9.17, 15) is 14.9 Å². The van der Waals surface area contributed by atoms with Crippen LogP contribution in [0.15, 0.2) is 36.4 Å². The molecule has 30 heavy (non-hydrogen) atoms. The molecule has 4 rings (SSSR count). The summed E-state index contributed by atoms with van der Waals surface area (Å²) in [5.41, 5.74) is 4.33. The Morgan fingerprint density at radius 2 is 1.90 bits per heavy atom. The predicted molar refractivity (Wildman–Crippen MR) is 118 cm³/mol. The lowest BCUT2D eigenvalue weighted by Gasteiger charge is -2.26. The van der Waals surface area contributed by atoms with Gasteiger partial charge in [0.1, 0.15) is 0 Å². The maximum absolute atomic E-state index is 13.1. The first-order chi connectivity index (χ1) is 14.5. The fourth-order valence-corrected chi connectivity index (χ4v) is 4.31. The smallest absolute Gasteiger partial charge is 0.257 e. The van der Waals surface area contributed by atoms with E-state index in [0.29, 0.717) is 35.0 Å². The molecule has 6 nitrogen and oxygen atoms in total. The highest BCUT2D eigenvalue weighted by Gasteiger charge is 2.22. The van der Waals surface area contributed by atoms with Gasteiger partial charge in [0.25, 0.3) is 5.91 Å². The molecule has 1 aliphatic heterocycles. The summed E-state index contributed by atoms with van der Waals surface area (Å²) >= 11 is 0. The summed E-state index contributed by atoms with van der Waals surface area (Å²) in [4.78, 5) is 26.7. The highest BCUT2D eigenvalue weighted by molar-refractivity contribution is 6.08. The zero-order valence-electron chi connectivity index (χ0n) is 17.2. The van der Waals surface area contributed by atoms with Gasteiger partial charge in [0.05, 0.1) is 17.2 Å². The Labute approximate surface area is 176 Å². The molecule has 2 aliphatic rings. The minimum absolute atomic E-state index is 0.0806. The van der Waals surface area contributed by atoms with Crippen molar-refractivity contribution in [3.05, 3.63) is 53.1 Å². The fourth-order valence-electron chi connectivity index (χ4n) is 4.31. The Bertz CT molecular complexity index is 1020. The second-order valence-corrected chi connectivity index (χ2v) is 8.10. The quantitative estimate of drug-likeness (QED) is 0.790. The Balaban J connectivity index is 1.57. The molecule has 1 heterocycles. The second-order valence-electron chi connectivity index (χ2n) is 8.10. The van der Waals surface area contributed by atoms with Crippen LogP contribution in [-0.4, -0.2) is 24.9 Å². The molecule has 0 saturated heterocycles. The van der Waals surface area contributed by atoms with Crippen molar-refractivity contribution in [2.45, 2.75) is 51.0 Å². The Morgan fingerprint density at radius 3 is 2.67 bits per heavy atom. The van der Waals surface area contributed by atoms with Gasteiger partial charge in [-0.1, -0.05) is 25.3 Å². The molecule has 2 aromatic carbocycles. The minimum atomic E-state index is -0.234. The number of fused-ring (bicyclic) bond motifs is 1. The summed E-state index contributed by atoms with van der Waals surface area (Å²) in [6, 6.07) is 13.3. The molecule has 0 unspecified atom stereocenters. The molecular weight excluding hydrogens is 376 g/mol. The van der Waals surface area contributed by atoms with Crippen molar-refractivity contribution >= 4 is 28.9 Å². The number of nitrogens with one attached hydrogen (secondary N) is 2. The summed E-state index contributed by atoms with van der Waals surface area (Å²) in [5, 5.41) is 15.7. The van der Waals surface area contributed by atoms with E-state index in [1.807, 2.05) is 18.2 Å². The zero-order valence-corrected chi connectivity index (χ0v) is 17.2. The third kappa shape index (κ3) is 4.16. The number of benzene rings is 2. The van der Waals surface area contributed by atoms with Crippen LogP contribution in [0.4, 0.5) is 17.1 Å². The fraction of sp³-hybridized carbons (Fsp3) is 0.375. The number of aryl methyl sites for hydroxylation is 1. The topological polar surface area (TPSA) is 85.2 Å². The van der Waals surface area contributed by atoms with Crippen LogP contribution in [0.5, 0.6) is 0 Å². The SMILES string of the molecule is CN1C(=O)CCc2ccc(NC(=O)c3ccc(C#N)cc3NC3CCCCC3)cc21. The molecule has 2 aromatic rings. The normalized spacial score (nSPS) is 16.5. The Morgan fingerprint density at radius 1 is 1.10 bits per heavy atom. The number of anilines is 3. The first kappa shape index (κ1) is 20.0. The number of carbonyl (C=O) groups excluding carboxylic acids is 2. The van der Waals surface area contributed by atoms with Crippen LogP contribution in [0.25, 0.3) is 0 Å². The minimum Gasteiger partial charge on any atom is -0.382 e. The third-order valence-corrected chi connectivity index (χ3v) is 6.04. The third-order valence-electron chi connectivity index (χ3n) is 6.04. The van der Waals surface area contributed by atoms with Crippen LogP contribution in [0, 0.1) is 11.3 Å². The summed E-state index contributed by atoms with van der Waals surface area (Å²) in [7, 11) is 1.76. The molecule has 0 radical (unpaired) electrons. The number of hydrogen-bond acceptors (Lipinski definition) is 4. The van der Waals surface area contributed by atoms with Gasteiger partial charge in [-0.05, 0) is 55.2 Å². The maximum Gasteiger partial charge on any atom is 0.257 e. The van der Waals surface area contributed by atoms with Gasteiger partial charge in [-0.2, -0.15) is 5.26 Å². The van der Waals surface area contributed by atoms with E-state index in [4.69, 9.17) is 0 Å². The van der Waals surface area contributed by atoms with E-state index in [1.54, 1.807) is 30.1 Å². The predicted octanol–water partition coefficient (Wildman–Crippen LogP) is 4.46. The van der Waals surface area contributed by atoms with Gasteiger partial charge in [0.15, 0.2) is 0 Å². The van der Waals surface area contributed by atoms with Crippen molar-refractivity contribution in [3.63, 3.8) is 0 Å². The maximum atomic E-state index is 13.1. The van der Waals surface area contributed by atoms with Gasteiger partial charge >= 0.3 is 0 Å². The molecule has 2 amide bonds. The van der Waals surface area contributed by atoms with Crippen LogP contribution in [0.3, 0.4) is 0 Å². The first-order valence-corrected chi connectivity index (χ1v) is 10.6. The number of rotatable bonds is 4. The number of hydrogen-bond donors (Lipinski definition) is 2. The first-order valence-electron chi connectivity index (χ1n) is 10.6. The van der Waals surface area contributed by atoms with Crippen molar-refractivity contribution in [1.82, 2.24) is 0 Å². The van der Waals surface area contributed by atoms with Gasteiger partial charge in [0, 0.05) is 36.6 Å². The van der Waals surface area contributed by atoms with Crippen molar-refractivity contribution in [3.8, 4) is 6.07 Å². The highest BCUT2D eigenvalue weighted by atomic mass is 16.2. The monoisotopic (exact) mass is 402 g/mol. The van der Waals surface area contributed by atoms with Gasteiger partial charge < -0.3 is 15.5 Å². The molecule has 0 spiro atoms.